The van der Waals surface area contributed by atoms with E-state index in [0.717, 1.165) is 12.8 Å². The topological polar surface area (TPSA) is 0 Å². The van der Waals surface area contributed by atoms with Gasteiger partial charge in [-0.2, -0.15) is 0 Å². The van der Waals surface area contributed by atoms with Crippen molar-refractivity contribution in [2.75, 3.05) is 0 Å². The van der Waals surface area contributed by atoms with Crippen molar-refractivity contribution in [2.24, 2.45) is 0 Å². The molecule has 0 aliphatic heterocycles. The number of benzene rings is 7. The minimum Gasteiger partial charge on any atom is -0.135 e. The average Bonchev–Trinajstić information content (AvgIpc) is 3.43. The highest BCUT2D eigenvalue weighted by atomic mass is 32.1. The lowest BCUT2D eigenvalue weighted by Gasteiger charge is -2.22. The predicted octanol–water partition coefficient (Wildman–Crippen LogP) is 11.8. The van der Waals surface area contributed by atoms with E-state index in [1.165, 1.54) is 85.9 Å². The highest BCUT2D eigenvalue weighted by molar-refractivity contribution is 7.26. The molecular weight excluding hydrogens is 513 g/mol. The molecule has 0 atom stereocenters. The Labute approximate surface area is 242 Å². The van der Waals surface area contributed by atoms with Gasteiger partial charge >= 0.3 is 0 Å². The van der Waals surface area contributed by atoms with E-state index in [-0.39, 0.29) is 0 Å². The van der Waals surface area contributed by atoms with E-state index < -0.39 is 0 Å². The number of allylic oxidation sites excluding steroid dienone is 1. The summed E-state index contributed by atoms with van der Waals surface area (Å²) in [5.41, 5.74) is 8.21. The fraction of sp³-hybridized carbons (Fsp3) is 0.0500. The standard InChI is InChI=1S/C40H26S/c1-2-13-27-25(11-1)12-9-19-28(27)36-23-26-24-37(35-21-10-20-34-31-16-7-8-22-38(31)41-40(34)35)30-15-4-6-18-33(30)39(26)32-17-5-3-14-29(32)36/h1-3,5-14,16-24H,4,15H2. The Bertz CT molecular complexity index is 2360. The number of rotatable bonds is 2. The molecule has 0 N–H and O–H groups in total. The van der Waals surface area contributed by atoms with Gasteiger partial charge in [-0.3, -0.25) is 0 Å². The van der Waals surface area contributed by atoms with Gasteiger partial charge in [0.2, 0.25) is 0 Å². The molecule has 8 aromatic rings. The van der Waals surface area contributed by atoms with Crippen molar-refractivity contribution >= 4 is 69.9 Å². The third kappa shape index (κ3) is 3.40. The lowest BCUT2D eigenvalue weighted by Crippen LogP contribution is -2.00. The monoisotopic (exact) mass is 538 g/mol. The van der Waals surface area contributed by atoms with Crippen molar-refractivity contribution in [3.63, 3.8) is 0 Å². The van der Waals surface area contributed by atoms with Crippen LogP contribution in [0.25, 0.3) is 80.8 Å². The molecule has 0 unspecified atom stereocenters. The Balaban J connectivity index is 1.42. The van der Waals surface area contributed by atoms with Gasteiger partial charge in [-0.25, -0.2) is 0 Å². The first kappa shape index (κ1) is 23.0. The van der Waals surface area contributed by atoms with Gasteiger partial charge in [-0.15, -0.1) is 11.3 Å². The van der Waals surface area contributed by atoms with Gasteiger partial charge in [0, 0.05) is 20.2 Å². The van der Waals surface area contributed by atoms with Gasteiger partial charge in [0.05, 0.1) is 0 Å². The molecule has 0 fully saturated rings. The minimum absolute atomic E-state index is 1.07. The zero-order valence-electron chi connectivity index (χ0n) is 22.5. The smallest absolute Gasteiger partial charge is 0.0433 e. The summed E-state index contributed by atoms with van der Waals surface area (Å²) in [4.78, 5) is 0. The first-order chi connectivity index (χ1) is 20.3. The van der Waals surface area contributed by atoms with E-state index in [4.69, 9.17) is 0 Å². The van der Waals surface area contributed by atoms with Gasteiger partial charge in [0.25, 0.3) is 0 Å². The Morgan fingerprint density at radius 3 is 2.10 bits per heavy atom. The van der Waals surface area contributed by atoms with Crippen LogP contribution in [0.15, 0.2) is 127 Å². The third-order valence-electron chi connectivity index (χ3n) is 8.91. The van der Waals surface area contributed by atoms with Gasteiger partial charge < -0.3 is 0 Å². The van der Waals surface area contributed by atoms with Crippen molar-refractivity contribution in [1.82, 2.24) is 0 Å². The summed E-state index contributed by atoms with van der Waals surface area (Å²) in [6, 6.07) is 45.1. The number of thiophene rings is 1. The van der Waals surface area contributed by atoms with E-state index in [9.17, 15) is 0 Å². The molecule has 0 radical (unpaired) electrons. The molecule has 9 rings (SSSR count). The van der Waals surface area contributed by atoms with Crippen LogP contribution in [0.4, 0.5) is 0 Å². The van der Waals surface area contributed by atoms with Crippen molar-refractivity contribution < 1.29 is 0 Å². The minimum atomic E-state index is 1.07. The maximum Gasteiger partial charge on any atom is 0.0433 e. The van der Waals surface area contributed by atoms with Gasteiger partial charge in [-0.1, -0.05) is 115 Å². The second-order valence-corrected chi connectivity index (χ2v) is 12.2. The van der Waals surface area contributed by atoms with Gasteiger partial charge in [0.15, 0.2) is 0 Å². The van der Waals surface area contributed by atoms with Gasteiger partial charge in [-0.05, 0) is 96.7 Å². The molecule has 192 valence electrons. The second kappa shape index (κ2) is 8.89. The van der Waals surface area contributed by atoms with Crippen molar-refractivity contribution in [1.29, 1.82) is 0 Å². The zero-order chi connectivity index (χ0) is 26.9. The third-order valence-corrected chi connectivity index (χ3v) is 10.1. The molecule has 0 bridgehead atoms. The molecule has 1 heteroatoms. The van der Waals surface area contributed by atoms with Crippen LogP contribution in [0.1, 0.15) is 17.5 Å². The molecule has 0 nitrogen and oxygen atoms in total. The van der Waals surface area contributed by atoms with E-state index in [1.807, 2.05) is 11.3 Å². The van der Waals surface area contributed by atoms with Crippen LogP contribution < -0.4 is 0 Å². The van der Waals surface area contributed by atoms with Gasteiger partial charge in [0.1, 0.15) is 0 Å². The summed E-state index contributed by atoms with van der Waals surface area (Å²) in [5, 5.41) is 10.6. The molecule has 1 heterocycles. The molecule has 0 saturated heterocycles. The van der Waals surface area contributed by atoms with Crippen LogP contribution in [0, 0.1) is 0 Å². The molecule has 1 aliphatic rings. The van der Waals surface area contributed by atoms with Crippen LogP contribution in [0.5, 0.6) is 0 Å². The molecule has 0 spiro atoms. The number of hydrogen-bond acceptors (Lipinski definition) is 1. The van der Waals surface area contributed by atoms with E-state index in [0.29, 0.717) is 0 Å². The lowest BCUT2D eigenvalue weighted by molar-refractivity contribution is 0.992. The zero-order valence-corrected chi connectivity index (χ0v) is 23.3. The summed E-state index contributed by atoms with van der Waals surface area (Å²) in [6.07, 6.45) is 6.90. The highest BCUT2D eigenvalue weighted by Crippen LogP contribution is 2.46. The maximum absolute atomic E-state index is 2.49. The summed E-state index contributed by atoms with van der Waals surface area (Å²) < 4.78 is 2.74. The molecule has 1 aliphatic carbocycles. The summed E-state index contributed by atoms with van der Waals surface area (Å²) in [7, 11) is 0. The fourth-order valence-corrected chi connectivity index (χ4v) is 8.35. The molecule has 0 saturated carbocycles. The predicted molar refractivity (Wildman–Crippen MR) is 180 cm³/mol. The first-order valence-electron chi connectivity index (χ1n) is 14.4. The molecule has 1 aromatic heterocycles. The van der Waals surface area contributed by atoms with Crippen LogP contribution in [-0.4, -0.2) is 0 Å². The van der Waals surface area contributed by atoms with Crippen molar-refractivity contribution in [3.8, 4) is 22.3 Å². The normalized spacial score (nSPS) is 13.1. The first-order valence-corrected chi connectivity index (χ1v) is 15.2. The second-order valence-electron chi connectivity index (χ2n) is 11.1. The van der Waals surface area contributed by atoms with Crippen molar-refractivity contribution in [2.45, 2.75) is 12.8 Å². The Morgan fingerprint density at radius 1 is 0.488 bits per heavy atom. The largest absolute Gasteiger partial charge is 0.135 e. The highest BCUT2D eigenvalue weighted by Gasteiger charge is 2.21. The molecule has 41 heavy (non-hydrogen) atoms. The number of fused-ring (bicyclic) bond motifs is 9. The quantitative estimate of drug-likeness (QED) is 0.192. The van der Waals surface area contributed by atoms with Crippen LogP contribution >= 0.6 is 11.3 Å². The molecular formula is C40H26S. The Kier molecular flexibility index (Phi) is 5.00. The summed E-state index contributed by atoms with van der Waals surface area (Å²) in [5.74, 6) is 0. The van der Waals surface area contributed by atoms with Crippen molar-refractivity contribution in [3.05, 3.63) is 139 Å². The van der Waals surface area contributed by atoms with E-state index >= 15 is 0 Å². The van der Waals surface area contributed by atoms with Crippen LogP contribution in [0.2, 0.25) is 0 Å². The fourth-order valence-electron chi connectivity index (χ4n) is 7.11. The van der Waals surface area contributed by atoms with E-state index in [2.05, 4.69) is 133 Å². The average molecular weight is 539 g/mol. The van der Waals surface area contributed by atoms with Crippen LogP contribution in [-0.2, 0) is 6.42 Å². The molecule has 0 amide bonds. The Morgan fingerprint density at radius 2 is 1.17 bits per heavy atom. The molecule has 7 aromatic carbocycles. The lowest BCUT2D eigenvalue weighted by atomic mass is 9.82. The van der Waals surface area contributed by atoms with Crippen LogP contribution in [0.3, 0.4) is 0 Å². The number of hydrogen-bond donors (Lipinski definition) is 0. The maximum atomic E-state index is 2.49. The SMILES string of the molecule is C1=Cc2c(c(-c3cccc4c3sc3ccccc34)cc3cc(-c4cccc5ccccc45)c4ccccc4c23)CC1. The van der Waals surface area contributed by atoms with E-state index in [1.54, 1.807) is 0 Å². The Hall–Kier alpha value is -4.72. The summed E-state index contributed by atoms with van der Waals surface area (Å²) in [6.45, 7) is 0. The summed E-state index contributed by atoms with van der Waals surface area (Å²) >= 11 is 1.93.